The fourth-order valence-electron chi connectivity index (χ4n) is 2.00. The van der Waals surface area contributed by atoms with Gasteiger partial charge in [-0.2, -0.15) is 0 Å². The molecule has 0 spiro atoms. The van der Waals surface area contributed by atoms with Gasteiger partial charge in [0.05, 0.1) is 12.1 Å². The highest BCUT2D eigenvalue weighted by molar-refractivity contribution is 9.10. The van der Waals surface area contributed by atoms with E-state index >= 15 is 0 Å². The molecule has 0 aliphatic heterocycles. The summed E-state index contributed by atoms with van der Waals surface area (Å²) in [5, 5.41) is 10.2. The Hall–Kier alpha value is -1.78. The number of rotatable bonds is 3. The van der Waals surface area contributed by atoms with Crippen LogP contribution in [-0.2, 0) is 6.61 Å². The standard InChI is InChI=1S/C15H12BrNO2/c16-14-7-12(19-11-4-2-1-3-5-11)8-15-13(14)6-10(9-18)17-15/h1-8,17-18H,9H2. The molecular formula is C15H12BrNO2. The van der Waals surface area contributed by atoms with Crippen LogP contribution < -0.4 is 4.74 Å². The number of aliphatic hydroxyl groups excluding tert-OH is 1. The van der Waals surface area contributed by atoms with Crippen LogP contribution in [0.15, 0.2) is 53.0 Å². The van der Waals surface area contributed by atoms with Crippen molar-refractivity contribution in [3.8, 4) is 11.5 Å². The van der Waals surface area contributed by atoms with E-state index < -0.39 is 0 Å². The van der Waals surface area contributed by atoms with Gasteiger partial charge in [0.1, 0.15) is 11.5 Å². The molecule has 0 aliphatic carbocycles. The molecule has 4 heteroatoms. The number of ether oxygens (including phenoxy) is 1. The average Bonchev–Trinajstić information content (AvgIpc) is 2.83. The van der Waals surface area contributed by atoms with Crippen LogP contribution >= 0.6 is 15.9 Å². The number of aliphatic hydroxyl groups is 1. The maximum absolute atomic E-state index is 9.16. The van der Waals surface area contributed by atoms with Crippen LogP contribution in [0.2, 0.25) is 0 Å². The molecule has 1 heterocycles. The summed E-state index contributed by atoms with van der Waals surface area (Å²) < 4.78 is 6.73. The third-order valence-electron chi connectivity index (χ3n) is 2.87. The van der Waals surface area contributed by atoms with E-state index in [4.69, 9.17) is 9.84 Å². The molecule has 0 fully saturated rings. The van der Waals surface area contributed by atoms with Gasteiger partial charge in [0.25, 0.3) is 0 Å². The average molecular weight is 318 g/mol. The van der Waals surface area contributed by atoms with Gasteiger partial charge in [-0.1, -0.05) is 18.2 Å². The van der Waals surface area contributed by atoms with Crippen molar-refractivity contribution in [2.24, 2.45) is 0 Å². The molecule has 0 saturated carbocycles. The van der Waals surface area contributed by atoms with Crippen LogP contribution in [0.25, 0.3) is 10.9 Å². The number of nitrogens with one attached hydrogen (secondary N) is 1. The summed E-state index contributed by atoms with van der Waals surface area (Å²) in [5.41, 5.74) is 1.72. The smallest absolute Gasteiger partial charge is 0.130 e. The fraction of sp³-hybridized carbons (Fsp3) is 0.0667. The van der Waals surface area contributed by atoms with E-state index in [0.717, 1.165) is 32.6 Å². The number of H-pyrrole nitrogens is 1. The topological polar surface area (TPSA) is 45.2 Å². The van der Waals surface area contributed by atoms with Gasteiger partial charge in [-0.05, 0) is 40.2 Å². The lowest BCUT2D eigenvalue weighted by Gasteiger charge is -2.06. The van der Waals surface area contributed by atoms with Crippen LogP contribution in [0.5, 0.6) is 11.5 Å². The maximum atomic E-state index is 9.16. The van der Waals surface area contributed by atoms with Crippen molar-refractivity contribution >= 4 is 26.8 Å². The third-order valence-corrected chi connectivity index (χ3v) is 3.52. The van der Waals surface area contributed by atoms with Crippen LogP contribution in [-0.4, -0.2) is 10.1 Å². The lowest BCUT2D eigenvalue weighted by Crippen LogP contribution is -1.84. The maximum Gasteiger partial charge on any atom is 0.130 e. The first kappa shape index (κ1) is 12.3. The zero-order valence-electron chi connectivity index (χ0n) is 10.1. The lowest BCUT2D eigenvalue weighted by atomic mass is 10.2. The van der Waals surface area contributed by atoms with E-state index in [-0.39, 0.29) is 6.61 Å². The Morgan fingerprint density at radius 2 is 1.84 bits per heavy atom. The van der Waals surface area contributed by atoms with Gasteiger partial charge in [0, 0.05) is 21.6 Å². The van der Waals surface area contributed by atoms with Crippen molar-refractivity contribution in [2.45, 2.75) is 6.61 Å². The highest BCUT2D eigenvalue weighted by Crippen LogP contribution is 2.32. The van der Waals surface area contributed by atoms with Crippen molar-refractivity contribution in [2.75, 3.05) is 0 Å². The summed E-state index contributed by atoms with van der Waals surface area (Å²) in [7, 11) is 0. The van der Waals surface area contributed by atoms with E-state index in [1.807, 2.05) is 48.5 Å². The minimum Gasteiger partial charge on any atom is -0.457 e. The molecule has 2 N–H and O–H groups in total. The Bertz CT molecular complexity index is 707. The molecule has 0 saturated heterocycles. The SMILES string of the molecule is OCc1cc2c(Br)cc(Oc3ccccc3)cc2[nH]1. The van der Waals surface area contributed by atoms with Gasteiger partial charge < -0.3 is 14.8 Å². The summed E-state index contributed by atoms with van der Waals surface area (Å²) in [6.45, 7) is -0.00397. The third kappa shape index (κ3) is 2.50. The van der Waals surface area contributed by atoms with Crippen LogP contribution in [0.3, 0.4) is 0 Å². The number of fused-ring (bicyclic) bond motifs is 1. The first-order chi connectivity index (χ1) is 9.26. The second kappa shape index (κ2) is 5.07. The van der Waals surface area contributed by atoms with Crippen LogP contribution in [0.4, 0.5) is 0 Å². The Kier molecular flexibility index (Phi) is 3.27. The Morgan fingerprint density at radius 3 is 2.58 bits per heavy atom. The highest BCUT2D eigenvalue weighted by atomic mass is 79.9. The van der Waals surface area contributed by atoms with E-state index in [1.54, 1.807) is 0 Å². The van der Waals surface area contributed by atoms with E-state index in [2.05, 4.69) is 20.9 Å². The number of halogens is 1. The summed E-state index contributed by atoms with van der Waals surface area (Å²) in [5.74, 6) is 1.54. The molecule has 96 valence electrons. The normalized spacial score (nSPS) is 10.8. The molecule has 3 rings (SSSR count). The second-order valence-corrected chi connectivity index (χ2v) is 5.09. The van der Waals surface area contributed by atoms with Gasteiger partial charge >= 0.3 is 0 Å². The van der Waals surface area contributed by atoms with Crippen molar-refractivity contribution in [3.05, 3.63) is 58.7 Å². The Labute approximate surface area is 119 Å². The van der Waals surface area contributed by atoms with Crippen LogP contribution in [0.1, 0.15) is 5.69 Å². The van der Waals surface area contributed by atoms with Gasteiger partial charge in [-0.3, -0.25) is 0 Å². The Balaban J connectivity index is 2.01. The van der Waals surface area contributed by atoms with Crippen molar-refractivity contribution < 1.29 is 9.84 Å². The van der Waals surface area contributed by atoms with Crippen molar-refractivity contribution in [1.29, 1.82) is 0 Å². The van der Waals surface area contributed by atoms with E-state index in [1.165, 1.54) is 0 Å². The second-order valence-electron chi connectivity index (χ2n) is 4.23. The molecule has 0 amide bonds. The molecule has 3 aromatic rings. The predicted octanol–water partition coefficient (Wildman–Crippen LogP) is 4.22. The first-order valence-corrected chi connectivity index (χ1v) is 6.70. The molecule has 3 nitrogen and oxygen atoms in total. The minimum atomic E-state index is -0.00397. The molecule has 0 bridgehead atoms. The first-order valence-electron chi connectivity index (χ1n) is 5.91. The summed E-state index contributed by atoms with van der Waals surface area (Å²) >= 11 is 3.52. The molecule has 0 aliphatic rings. The quantitative estimate of drug-likeness (QED) is 0.759. The summed E-state index contributed by atoms with van der Waals surface area (Å²) in [6.07, 6.45) is 0. The number of aromatic nitrogens is 1. The highest BCUT2D eigenvalue weighted by Gasteiger charge is 2.07. The number of hydrogen-bond acceptors (Lipinski definition) is 2. The number of benzene rings is 2. The van der Waals surface area contributed by atoms with Gasteiger partial charge in [-0.15, -0.1) is 0 Å². The van der Waals surface area contributed by atoms with Crippen molar-refractivity contribution in [1.82, 2.24) is 4.98 Å². The summed E-state index contributed by atoms with van der Waals surface area (Å²) in [6, 6.07) is 15.4. The fourth-order valence-corrected chi connectivity index (χ4v) is 2.55. The molecular weight excluding hydrogens is 306 g/mol. The molecule has 2 aromatic carbocycles. The zero-order valence-corrected chi connectivity index (χ0v) is 11.6. The van der Waals surface area contributed by atoms with Gasteiger partial charge in [0.15, 0.2) is 0 Å². The number of hydrogen-bond donors (Lipinski definition) is 2. The largest absolute Gasteiger partial charge is 0.457 e. The molecule has 1 aromatic heterocycles. The monoisotopic (exact) mass is 317 g/mol. The van der Waals surface area contributed by atoms with E-state index in [9.17, 15) is 0 Å². The number of aromatic amines is 1. The number of para-hydroxylation sites is 1. The lowest BCUT2D eigenvalue weighted by molar-refractivity contribution is 0.278. The molecule has 0 atom stereocenters. The van der Waals surface area contributed by atoms with Gasteiger partial charge in [-0.25, -0.2) is 0 Å². The molecule has 0 radical (unpaired) electrons. The van der Waals surface area contributed by atoms with Crippen molar-refractivity contribution in [3.63, 3.8) is 0 Å². The predicted molar refractivity (Wildman–Crippen MR) is 78.4 cm³/mol. The summed E-state index contributed by atoms with van der Waals surface area (Å²) in [4.78, 5) is 3.15. The van der Waals surface area contributed by atoms with Crippen LogP contribution in [0, 0.1) is 0 Å². The molecule has 19 heavy (non-hydrogen) atoms. The van der Waals surface area contributed by atoms with Gasteiger partial charge in [0.2, 0.25) is 0 Å². The Morgan fingerprint density at radius 1 is 1.05 bits per heavy atom. The zero-order chi connectivity index (χ0) is 13.2. The minimum absolute atomic E-state index is 0.00397. The van der Waals surface area contributed by atoms with E-state index in [0.29, 0.717) is 0 Å². The molecule has 0 unspecified atom stereocenters.